The van der Waals surface area contributed by atoms with E-state index in [1.807, 2.05) is 24.3 Å². The van der Waals surface area contributed by atoms with Crippen molar-refractivity contribution in [2.75, 3.05) is 11.1 Å². The third kappa shape index (κ3) is 2.70. The van der Waals surface area contributed by atoms with Crippen molar-refractivity contribution < 1.29 is 0 Å². The van der Waals surface area contributed by atoms with E-state index in [4.69, 9.17) is 5.73 Å². The molecule has 1 heterocycles. The van der Waals surface area contributed by atoms with Crippen molar-refractivity contribution in [2.45, 2.75) is 6.54 Å². The monoisotopic (exact) mass is 278 g/mol. The molecule has 16 heavy (non-hydrogen) atoms. The van der Waals surface area contributed by atoms with E-state index in [0.717, 1.165) is 10.0 Å². The van der Waals surface area contributed by atoms with Gasteiger partial charge in [-0.3, -0.25) is 0 Å². The van der Waals surface area contributed by atoms with Crippen LogP contribution in [0, 0.1) is 0 Å². The summed E-state index contributed by atoms with van der Waals surface area (Å²) >= 11 is 3.42. The van der Waals surface area contributed by atoms with Gasteiger partial charge in [0.2, 0.25) is 0 Å². The maximum absolute atomic E-state index is 5.72. The molecule has 0 atom stereocenters. The summed E-state index contributed by atoms with van der Waals surface area (Å²) in [6.07, 6.45) is 3.05. The lowest BCUT2D eigenvalue weighted by Crippen LogP contribution is -2.04. The third-order valence-electron chi connectivity index (χ3n) is 2.09. The van der Waals surface area contributed by atoms with Gasteiger partial charge in [0.15, 0.2) is 5.82 Å². The number of nitrogen functional groups attached to an aromatic ring is 1. The van der Waals surface area contributed by atoms with E-state index in [-0.39, 0.29) is 0 Å². The summed E-state index contributed by atoms with van der Waals surface area (Å²) in [6, 6.07) is 8.06. The van der Waals surface area contributed by atoms with E-state index < -0.39 is 0 Å². The van der Waals surface area contributed by atoms with Crippen LogP contribution in [0.2, 0.25) is 0 Å². The first kappa shape index (κ1) is 10.9. The molecule has 0 fully saturated rings. The Hall–Kier alpha value is -1.62. The average Bonchev–Trinajstić information content (AvgIpc) is 2.28. The van der Waals surface area contributed by atoms with Gasteiger partial charge in [-0.25, -0.2) is 9.97 Å². The highest BCUT2D eigenvalue weighted by Gasteiger charge is 1.99. The number of halogens is 1. The normalized spacial score (nSPS) is 10.1. The summed E-state index contributed by atoms with van der Waals surface area (Å²) < 4.78 is 1.06. The molecule has 2 aromatic rings. The molecule has 0 unspecified atom stereocenters. The lowest BCUT2D eigenvalue weighted by molar-refractivity contribution is 1.08. The summed E-state index contributed by atoms with van der Waals surface area (Å²) in [4.78, 5) is 7.89. The quantitative estimate of drug-likeness (QED) is 0.905. The molecule has 0 bridgehead atoms. The molecule has 3 N–H and O–H groups in total. The SMILES string of the molecule is Nc1cncnc1NCc1cccc(Br)c1. The molecule has 0 aliphatic carbocycles. The number of nitrogens with zero attached hydrogens (tertiary/aromatic N) is 2. The first-order valence-corrected chi connectivity index (χ1v) is 5.59. The molecule has 4 nitrogen and oxygen atoms in total. The summed E-state index contributed by atoms with van der Waals surface area (Å²) in [7, 11) is 0. The van der Waals surface area contributed by atoms with E-state index >= 15 is 0 Å². The van der Waals surface area contributed by atoms with E-state index in [1.54, 1.807) is 6.20 Å². The Morgan fingerprint density at radius 3 is 3.00 bits per heavy atom. The van der Waals surface area contributed by atoms with Crippen LogP contribution >= 0.6 is 15.9 Å². The Labute approximate surface area is 102 Å². The van der Waals surface area contributed by atoms with Gasteiger partial charge >= 0.3 is 0 Å². The second-order valence-corrected chi connectivity index (χ2v) is 4.23. The van der Waals surface area contributed by atoms with Crippen molar-refractivity contribution >= 4 is 27.4 Å². The van der Waals surface area contributed by atoms with Gasteiger partial charge in [0.25, 0.3) is 0 Å². The molecule has 0 saturated heterocycles. The second kappa shape index (κ2) is 4.94. The van der Waals surface area contributed by atoms with Gasteiger partial charge in [-0.15, -0.1) is 0 Å². The topological polar surface area (TPSA) is 63.8 Å². The zero-order valence-electron chi connectivity index (χ0n) is 8.52. The van der Waals surface area contributed by atoms with Crippen LogP contribution in [-0.4, -0.2) is 9.97 Å². The molecule has 82 valence electrons. The van der Waals surface area contributed by atoms with Gasteiger partial charge in [-0.2, -0.15) is 0 Å². The molecule has 0 amide bonds. The Kier molecular flexibility index (Phi) is 3.36. The molecule has 0 aliphatic heterocycles. The number of aromatic nitrogens is 2. The van der Waals surface area contributed by atoms with E-state index in [1.165, 1.54) is 6.33 Å². The Morgan fingerprint density at radius 1 is 1.38 bits per heavy atom. The van der Waals surface area contributed by atoms with Crippen molar-refractivity contribution in [3.63, 3.8) is 0 Å². The van der Waals surface area contributed by atoms with Crippen LogP contribution in [0.4, 0.5) is 11.5 Å². The van der Waals surface area contributed by atoms with Gasteiger partial charge in [-0.05, 0) is 17.7 Å². The number of benzene rings is 1. The molecule has 0 radical (unpaired) electrons. The molecular formula is C11H11BrN4. The fourth-order valence-electron chi connectivity index (χ4n) is 1.32. The Balaban J connectivity index is 2.05. The molecule has 1 aromatic carbocycles. The van der Waals surface area contributed by atoms with E-state index in [2.05, 4.69) is 31.2 Å². The smallest absolute Gasteiger partial charge is 0.152 e. The molecular weight excluding hydrogens is 268 g/mol. The van der Waals surface area contributed by atoms with E-state index in [0.29, 0.717) is 18.1 Å². The predicted octanol–water partition coefficient (Wildman–Crippen LogP) is 2.43. The summed E-state index contributed by atoms with van der Waals surface area (Å²) in [5.74, 6) is 0.662. The third-order valence-corrected chi connectivity index (χ3v) is 2.58. The summed E-state index contributed by atoms with van der Waals surface area (Å²) in [5.41, 5.74) is 7.43. The molecule has 2 rings (SSSR count). The van der Waals surface area contributed by atoms with E-state index in [9.17, 15) is 0 Å². The minimum atomic E-state index is 0.553. The van der Waals surface area contributed by atoms with Crippen molar-refractivity contribution in [1.29, 1.82) is 0 Å². The zero-order valence-corrected chi connectivity index (χ0v) is 10.1. The maximum Gasteiger partial charge on any atom is 0.152 e. The number of nitrogens with one attached hydrogen (secondary N) is 1. The van der Waals surface area contributed by atoms with Crippen molar-refractivity contribution in [3.05, 3.63) is 46.8 Å². The second-order valence-electron chi connectivity index (χ2n) is 3.31. The van der Waals surface area contributed by atoms with Crippen molar-refractivity contribution in [2.24, 2.45) is 0 Å². The predicted molar refractivity (Wildman–Crippen MR) is 67.9 cm³/mol. The van der Waals surface area contributed by atoms with Crippen LogP contribution in [0.25, 0.3) is 0 Å². The fraction of sp³-hybridized carbons (Fsp3) is 0.0909. The van der Waals surface area contributed by atoms with Crippen LogP contribution < -0.4 is 11.1 Å². The van der Waals surface area contributed by atoms with Gasteiger partial charge in [0.1, 0.15) is 6.33 Å². The van der Waals surface area contributed by atoms with Gasteiger partial charge < -0.3 is 11.1 Å². The first-order chi connectivity index (χ1) is 7.75. The number of anilines is 2. The van der Waals surface area contributed by atoms with Crippen LogP contribution in [-0.2, 0) is 6.54 Å². The molecule has 0 spiro atoms. The van der Waals surface area contributed by atoms with Crippen LogP contribution in [0.1, 0.15) is 5.56 Å². The standard InChI is InChI=1S/C11H11BrN4/c12-9-3-1-2-8(4-9)5-15-11-10(13)6-14-7-16-11/h1-4,6-7H,5,13H2,(H,14,15,16). The number of hydrogen-bond acceptors (Lipinski definition) is 4. The number of hydrogen-bond donors (Lipinski definition) is 2. The minimum absolute atomic E-state index is 0.553. The van der Waals surface area contributed by atoms with Crippen LogP contribution in [0.3, 0.4) is 0 Å². The lowest BCUT2D eigenvalue weighted by atomic mass is 10.2. The molecule has 0 saturated carbocycles. The van der Waals surface area contributed by atoms with Gasteiger partial charge in [-0.1, -0.05) is 28.1 Å². The van der Waals surface area contributed by atoms with Crippen LogP contribution in [0.5, 0.6) is 0 Å². The maximum atomic E-state index is 5.72. The minimum Gasteiger partial charge on any atom is -0.394 e. The lowest BCUT2D eigenvalue weighted by Gasteiger charge is -2.07. The summed E-state index contributed by atoms with van der Waals surface area (Å²) in [6.45, 7) is 0.681. The van der Waals surface area contributed by atoms with Gasteiger partial charge in [0, 0.05) is 11.0 Å². The fourth-order valence-corrected chi connectivity index (χ4v) is 1.77. The van der Waals surface area contributed by atoms with Crippen molar-refractivity contribution in [3.8, 4) is 0 Å². The Morgan fingerprint density at radius 2 is 2.25 bits per heavy atom. The highest BCUT2D eigenvalue weighted by molar-refractivity contribution is 9.10. The molecule has 0 aliphatic rings. The summed E-state index contributed by atoms with van der Waals surface area (Å²) in [5, 5.41) is 3.16. The van der Waals surface area contributed by atoms with Crippen LogP contribution in [0.15, 0.2) is 41.3 Å². The number of nitrogens with two attached hydrogens (primary N) is 1. The first-order valence-electron chi connectivity index (χ1n) is 4.79. The largest absolute Gasteiger partial charge is 0.394 e. The number of rotatable bonds is 3. The van der Waals surface area contributed by atoms with Crippen molar-refractivity contribution in [1.82, 2.24) is 9.97 Å². The zero-order chi connectivity index (χ0) is 11.4. The molecule has 1 aromatic heterocycles. The average molecular weight is 279 g/mol. The highest BCUT2D eigenvalue weighted by Crippen LogP contribution is 2.15. The highest BCUT2D eigenvalue weighted by atomic mass is 79.9. The molecule has 5 heteroatoms. The Bertz CT molecular complexity index is 487. The van der Waals surface area contributed by atoms with Gasteiger partial charge in [0.05, 0.1) is 11.9 Å².